The molecule has 26 heavy (non-hydrogen) atoms. The average molecular weight is 352 g/mol. The zero-order valence-corrected chi connectivity index (χ0v) is 14.9. The summed E-state index contributed by atoms with van der Waals surface area (Å²) in [6.45, 7) is 4.36. The van der Waals surface area contributed by atoms with Crippen LogP contribution in [0.5, 0.6) is 0 Å². The molecule has 136 valence electrons. The largest absolute Gasteiger partial charge is 0.371 e. The molecule has 0 spiro atoms. The quantitative estimate of drug-likeness (QED) is 0.868. The van der Waals surface area contributed by atoms with Gasteiger partial charge in [0, 0.05) is 54.9 Å². The predicted molar refractivity (Wildman–Crippen MR) is 102 cm³/mol. The van der Waals surface area contributed by atoms with Crippen LogP contribution >= 0.6 is 0 Å². The van der Waals surface area contributed by atoms with E-state index in [9.17, 15) is 9.59 Å². The molecular weight excluding hydrogens is 328 g/mol. The Morgan fingerprint density at radius 3 is 2.35 bits per heavy atom. The number of carbonyl (C=O) groups excluding carboxylic acids is 2. The lowest BCUT2D eigenvalue weighted by Gasteiger charge is -2.33. The summed E-state index contributed by atoms with van der Waals surface area (Å²) in [5, 5.41) is 5.79. The van der Waals surface area contributed by atoms with Crippen LogP contribution in [0.25, 0.3) is 0 Å². The van der Waals surface area contributed by atoms with Crippen molar-refractivity contribution in [2.45, 2.75) is 19.8 Å². The van der Waals surface area contributed by atoms with Crippen LogP contribution in [0.2, 0.25) is 0 Å². The van der Waals surface area contributed by atoms with Gasteiger partial charge >= 0.3 is 0 Å². The summed E-state index contributed by atoms with van der Waals surface area (Å²) in [7, 11) is 0. The first-order valence-electron chi connectivity index (χ1n) is 9.01. The van der Waals surface area contributed by atoms with Gasteiger partial charge in [-0.15, -0.1) is 0 Å². The van der Waals surface area contributed by atoms with E-state index < -0.39 is 0 Å². The number of nitrogens with zero attached hydrogens (tertiary/aromatic N) is 2. The van der Waals surface area contributed by atoms with Crippen molar-refractivity contribution in [2.75, 3.05) is 29.9 Å². The molecule has 0 bridgehead atoms. The third-order valence-corrected chi connectivity index (χ3v) is 4.65. The molecule has 3 rings (SSSR count). The summed E-state index contributed by atoms with van der Waals surface area (Å²) in [6.07, 6.45) is 4.93. The monoisotopic (exact) mass is 352 g/mol. The topological polar surface area (TPSA) is 74.3 Å². The van der Waals surface area contributed by atoms with Crippen LogP contribution in [0.1, 0.15) is 30.1 Å². The molecule has 1 aliphatic heterocycles. The summed E-state index contributed by atoms with van der Waals surface area (Å²) in [4.78, 5) is 30.3. The first kappa shape index (κ1) is 17.9. The molecule has 0 atom stereocenters. The van der Waals surface area contributed by atoms with E-state index in [2.05, 4.69) is 20.5 Å². The first-order valence-corrected chi connectivity index (χ1v) is 9.01. The van der Waals surface area contributed by atoms with Crippen LogP contribution < -0.4 is 15.5 Å². The highest BCUT2D eigenvalue weighted by Crippen LogP contribution is 2.25. The number of hydrogen-bond acceptors (Lipinski definition) is 4. The first-order chi connectivity index (χ1) is 12.7. The van der Waals surface area contributed by atoms with Gasteiger partial charge in [-0.05, 0) is 56.2 Å². The van der Waals surface area contributed by atoms with E-state index in [1.54, 1.807) is 24.5 Å². The summed E-state index contributed by atoms with van der Waals surface area (Å²) >= 11 is 0. The van der Waals surface area contributed by atoms with Crippen molar-refractivity contribution in [3.8, 4) is 0 Å². The molecule has 2 amide bonds. The number of carbonyl (C=O) groups is 2. The standard InChI is InChI=1S/C20H24N4O2/c1-2-22-19(25)16-9-13-24(14-10-16)18-5-3-17(4-6-18)23-20(26)15-7-11-21-12-8-15/h3-8,11-12,16H,2,9-10,13-14H2,1H3,(H,22,25)(H,23,26). The summed E-state index contributed by atoms with van der Waals surface area (Å²) in [5.74, 6) is 0.134. The van der Waals surface area contributed by atoms with Crippen LogP contribution in [-0.4, -0.2) is 36.4 Å². The Hall–Kier alpha value is -2.89. The Labute approximate surface area is 153 Å². The second-order valence-electron chi connectivity index (χ2n) is 6.39. The fourth-order valence-electron chi connectivity index (χ4n) is 3.18. The highest BCUT2D eigenvalue weighted by Gasteiger charge is 2.24. The molecule has 2 heterocycles. The third-order valence-electron chi connectivity index (χ3n) is 4.65. The van der Waals surface area contributed by atoms with Crippen molar-refractivity contribution in [2.24, 2.45) is 5.92 Å². The van der Waals surface area contributed by atoms with E-state index in [1.807, 2.05) is 31.2 Å². The van der Waals surface area contributed by atoms with Gasteiger partial charge in [0.2, 0.25) is 5.91 Å². The highest BCUT2D eigenvalue weighted by molar-refractivity contribution is 6.04. The van der Waals surface area contributed by atoms with Crippen LogP contribution in [0, 0.1) is 5.92 Å². The van der Waals surface area contributed by atoms with Gasteiger partial charge in [-0.2, -0.15) is 0 Å². The van der Waals surface area contributed by atoms with Crippen LogP contribution in [-0.2, 0) is 4.79 Å². The molecule has 1 fully saturated rings. The van der Waals surface area contributed by atoms with Gasteiger partial charge in [-0.25, -0.2) is 0 Å². The molecule has 6 nitrogen and oxygen atoms in total. The van der Waals surface area contributed by atoms with Gasteiger partial charge in [0.25, 0.3) is 5.91 Å². The number of amides is 2. The molecule has 1 aromatic carbocycles. The number of aromatic nitrogens is 1. The van der Waals surface area contributed by atoms with Gasteiger partial charge in [-0.3, -0.25) is 14.6 Å². The van der Waals surface area contributed by atoms with Gasteiger partial charge in [0.05, 0.1) is 0 Å². The SMILES string of the molecule is CCNC(=O)C1CCN(c2ccc(NC(=O)c3ccncc3)cc2)CC1. The number of benzene rings is 1. The molecule has 0 saturated carbocycles. The molecule has 0 aliphatic carbocycles. The van der Waals surface area contributed by atoms with Gasteiger partial charge in [0.15, 0.2) is 0 Å². The van der Waals surface area contributed by atoms with Crippen molar-refractivity contribution >= 4 is 23.2 Å². The number of hydrogen-bond donors (Lipinski definition) is 2. The zero-order valence-electron chi connectivity index (χ0n) is 14.9. The Morgan fingerprint density at radius 2 is 1.73 bits per heavy atom. The Balaban J connectivity index is 1.55. The highest BCUT2D eigenvalue weighted by atomic mass is 16.2. The van der Waals surface area contributed by atoms with E-state index in [4.69, 9.17) is 0 Å². The average Bonchev–Trinajstić information content (AvgIpc) is 2.69. The second-order valence-corrected chi connectivity index (χ2v) is 6.39. The number of rotatable bonds is 5. The van der Waals surface area contributed by atoms with E-state index in [1.165, 1.54) is 0 Å². The van der Waals surface area contributed by atoms with Crippen LogP contribution in [0.15, 0.2) is 48.8 Å². The number of anilines is 2. The third kappa shape index (κ3) is 4.39. The van der Waals surface area contributed by atoms with Crippen molar-refractivity contribution in [1.82, 2.24) is 10.3 Å². The molecule has 2 aromatic rings. The maximum atomic E-state index is 12.2. The maximum Gasteiger partial charge on any atom is 0.255 e. The van der Waals surface area contributed by atoms with E-state index in [0.717, 1.165) is 37.3 Å². The predicted octanol–water partition coefficient (Wildman–Crippen LogP) is 2.69. The van der Waals surface area contributed by atoms with Crippen LogP contribution in [0.4, 0.5) is 11.4 Å². The lowest BCUT2D eigenvalue weighted by molar-refractivity contribution is -0.125. The second kappa shape index (κ2) is 8.47. The molecule has 0 unspecified atom stereocenters. The zero-order chi connectivity index (χ0) is 18.4. The molecular formula is C20H24N4O2. The Kier molecular flexibility index (Phi) is 5.84. The van der Waals surface area contributed by atoms with E-state index in [0.29, 0.717) is 12.1 Å². The van der Waals surface area contributed by atoms with E-state index >= 15 is 0 Å². The number of nitrogens with one attached hydrogen (secondary N) is 2. The van der Waals surface area contributed by atoms with Crippen molar-refractivity contribution in [1.29, 1.82) is 0 Å². The van der Waals surface area contributed by atoms with Crippen LogP contribution in [0.3, 0.4) is 0 Å². The normalized spacial score (nSPS) is 14.7. The summed E-state index contributed by atoms with van der Waals surface area (Å²) < 4.78 is 0. The minimum absolute atomic E-state index is 0.116. The lowest BCUT2D eigenvalue weighted by Crippen LogP contribution is -2.40. The number of pyridine rings is 1. The molecule has 0 radical (unpaired) electrons. The summed E-state index contributed by atoms with van der Waals surface area (Å²) in [5.41, 5.74) is 2.45. The fraction of sp³-hybridized carbons (Fsp3) is 0.350. The maximum absolute atomic E-state index is 12.2. The molecule has 2 N–H and O–H groups in total. The number of piperidine rings is 1. The summed E-state index contributed by atoms with van der Waals surface area (Å²) in [6, 6.07) is 11.2. The molecule has 6 heteroatoms. The van der Waals surface area contributed by atoms with Gasteiger partial charge in [0.1, 0.15) is 0 Å². The molecule has 1 aromatic heterocycles. The molecule has 1 saturated heterocycles. The van der Waals surface area contributed by atoms with Gasteiger partial charge < -0.3 is 15.5 Å². The lowest BCUT2D eigenvalue weighted by atomic mass is 9.95. The van der Waals surface area contributed by atoms with Crippen molar-refractivity contribution in [3.63, 3.8) is 0 Å². The minimum Gasteiger partial charge on any atom is -0.371 e. The Bertz CT molecular complexity index is 738. The van der Waals surface area contributed by atoms with Crippen molar-refractivity contribution in [3.05, 3.63) is 54.4 Å². The van der Waals surface area contributed by atoms with E-state index in [-0.39, 0.29) is 17.7 Å². The Morgan fingerprint density at radius 1 is 1.08 bits per heavy atom. The minimum atomic E-state index is -0.150. The van der Waals surface area contributed by atoms with Crippen molar-refractivity contribution < 1.29 is 9.59 Å². The van der Waals surface area contributed by atoms with Gasteiger partial charge in [-0.1, -0.05) is 0 Å². The molecule has 1 aliphatic rings. The smallest absolute Gasteiger partial charge is 0.255 e. The fourth-order valence-corrected chi connectivity index (χ4v) is 3.18.